The highest BCUT2D eigenvalue weighted by atomic mass is 32.2. The molecule has 7 nitrogen and oxygen atoms in total. The molecule has 1 atom stereocenters. The topological polar surface area (TPSA) is 86.8 Å². The molecule has 0 spiro atoms. The lowest BCUT2D eigenvalue weighted by Gasteiger charge is -2.33. The Kier molecular flexibility index (Phi) is 10.2. The van der Waals surface area contributed by atoms with Gasteiger partial charge in [0, 0.05) is 25.1 Å². The number of hydrogen-bond donors (Lipinski definition) is 1. The molecule has 0 aliphatic carbocycles. The van der Waals surface area contributed by atoms with Crippen molar-refractivity contribution in [3.05, 3.63) is 102 Å². The van der Waals surface area contributed by atoms with E-state index in [4.69, 9.17) is 0 Å². The second-order valence-corrected chi connectivity index (χ2v) is 11.6. The third kappa shape index (κ3) is 8.61. The number of amides is 2. The lowest BCUT2D eigenvalue weighted by molar-refractivity contribution is -0.140. The van der Waals surface area contributed by atoms with Crippen LogP contribution >= 0.6 is 0 Å². The zero-order valence-corrected chi connectivity index (χ0v) is 23.0. The number of carbonyl (C=O) groups is 2. The number of rotatable bonds is 12. The van der Waals surface area contributed by atoms with Gasteiger partial charge in [-0.1, -0.05) is 62.4 Å². The van der Waals surface area contributed by atoms with E-state index in [1.54, 1.807) is 18.2 Å². The summed E-state index contributed by atoms with van der Waals surface area (Å²) in [4.78, 5) is 28.6. The molecule has 0 aliphatic rings. The van der Waals surface area contributed by atoms with Crippen LogP contribution in [0.5, 0.6) is 0 Å². The molecular formula is C29H33F2N3O4S. The van der Waals surface area contributed by atoms with Gasteiger partial charge in [0.05, 0.1) is 11.9 Å². The van der Waals surface area contributed by atoms with Crippen molar-refractivity contribution in [1.29, 1.82) is 0 Å². The third-order valence-corrected chi connectivity index (χ3v) is 7.19. The van der Waals surface area contributed by atoms with E-state index in [0.29, 0.717) is 6.54 Å². The van der Waals surface area contributed by atoms with Crippen molar-refractivity contribution < 1.29 is 26.8 Å². The number of benzene rings is 3. The number of nitrogens with zero attached hydrogens (tertiary/aromatic N) is 2. The Morgan fingerprint density at radius 2 is 1.51 bits per heavy atom. The maximum atomic E-state index is 14.7. The zero-order valence-electron chi connectivity index (χ0n) is 22.2. The molecule has 3 aromatic carbocycles. The minimum Gasteiger partial charge on any atom is -0.354 e. The van der Waals surface area contributed by atoms with Crippen LogP contribution in [0.3, 0.4) is 0 Å². The van der Waals surface area contributed by atoms with E-state index in [2.05, 4.69) is 5.32 Å². The van der Waals surface area contributed by atoms with Crippen LogP contribution in [-0.2, 0) is 32.6 Å². The highest BCUT2D eigenvalue weighted by Crippen LogP contribution is 2.21. The molecule has 3 rings (SSSR count). The number of sulfonamides is 1. The molecular weight excluding hydrogens is 524 g/mol. The van der Waals surface area contributed by atoms with Crippen molar-refractivity contribution in [1.82, 2.24) is 10.2 Å². The predicted octanol–water partition coefficient (Wildman–Crippen LogP) is 4.14. The van der Waals surface area contributed by atoms with Crippen LogP contribution in [0, 0.1) is 17.6 Å². The van der Waals surface area contributed by atoms with Gasteiger partial charge in [-0.05, 0) is 41.8 Å². The van der Waals surface area contributed by atoms with Crippen LogP contribution in [0.1, 0.15) is 25.0 Å². The van der Waals surface area contributed by atoms with E-state index in [0.717, 1.165) is 28.3 Å². The van der Waals surface area contributed by atoms with Crippen LogP contribution < -0.4 is 9.62 Å². The van der Waals surface area contributed by atoms with Crippen LogP contribution in [0.4, 0.5) is 14.5 Å². The highest BCUT2D eigenvalue weighted by molar-refractivity contribution is 7.92. The van der Waals surface area contributed by atoms with Gasteiger partial charge in [-0.2, -0.15) is 0 Å². The minimum absolute atomic E-state index is 0.0851. The second kappa shape index (κ2) is 13.3. The van der Waals surface area contributed by atoms with Gasteiger partial charge in [-0.25, -0.2) is 17.2 Å². The summed E-state index contributed by atoms with van der Waals surface area (Å²) in [5.41, 5.74) is 1.03. The summed E-state index contributed by atoms with van der Waals surface area (Å²) in [5, 5.41) is 2.86. The van der Waals surface area contributed by atoms with E-state index in [1.165, 1.54) is 35.2 Å². The van der Waals surface area contributed by atoms with E-state index >= 15 is 0 Å². The molecule has 208 valence electrons. The average Bonchev–Trinajstić information content (AvgIpc) is 2.89. The standard InChI is InChI=1S/C29H33F2N3O4S/c1-21(2)18-32-29(36)27(17-22-9-5-4-6-10-22)33(19-23-11-7-8-12-26(23)31)28(35)20-34(39(3,37)38)25-15-13-24(30)14-16-25/h4-16,21,27H,17-20H2,1-3H3,(H,32,36). The summed E-state index contributed by atoms with van der Waals surface area (Å²) in [6, 6.07) is 18.6. The van der Waals surface area contributed by atoms with E-state index in [1.807, 2.05) is 32.0 Å². The molecule has 3 aromatic rings. The molecule has 0 heterocycles. The molecule has 10 heteroatoms. The first-order valence-corrected chi connectivity index (χ1v) is 14.4. The normalized spacial score (nSPS) is 12.2. The Hall–Kier alpha value is -3.79. The molecule has 39 heavy (non-hydrogen) atoms. The van der Waals surface area contributed by atoms with Gasteiger partial charge in [0.1, 0.15) is 24.2 Å². The van der Waals surface area contributed by atoms with E-state index in [9.17, 15) is 26.8 Å². The van der Waals surface area contributed by atoms with E-state index in [-0.39, 0.29) is 30.1 Å². The maximum absolute atomic E-state index is 14.7. The lowest BCUT2D eigenvalue weighted by atomic mass is 10.0. The lowest BCUT2D eigenvalue weighted by Crippen LogP contribution is -2.53. The van der Waals surface area contributed by atoms with Crippen LogP contribution in [0.2, 0.25) is 0 Å². The molecule has 0 saturated carbocycles. The molecule has 0 aromatic heterocycles. The SMILES string of the molecule is CC(C)CNC(=O)C(Cc1ccccc1)N(Cc1ccccc1F)C(=O)CN(c1ccc(F)cc1)S(C)(=O)=O. The van der Waals surface area contributed by atoms with Crippen molar-refractivity contribution >= 4 is 27.5 Å². The number of halogens is 2. The smallest absolute Gasteiger partial charge is 0.244 e. The van der Waals surface area contributed by atoms with Crippen molar-refractivity contribution in [2.24, 2.45) is 5.92 Å². The monoisotopic (exact) mass is 557 g/mol. The van der Waals surface area contributed by atoms with Crippen LogP contribution in [0.15, 0.2) is 78.9 Å². The van der Waals surface area contributed by atoms with Gasteiger partial charge in [-0.15, -0.1) is 0 Å². The van der Waals surface area contributed by atoms with Crippen LogP contribution in [0.25, 0.3) is 0 Å². The first-order chi connectivity index (χ1) is 18.5. The largest absolute Gasteiger partial charge is 0.354 e. The van der Waals surface area contributed by atoms with Crippen molar-refractivity contribution in [2.45, 2.75) is 32.9 Å². The number of nitrogens with one attached hydrogen (secondary N) is 1. The molecule has 0 radical (unpaired) electrons. The molecule has 0 aliphatic heterocycles. The summed E-state index contributed by atoms with van der Waals surface area (Å²) in [6.07, 6.45) is 1.06. The number of anilines is 1. The maximum Gasteiger partial charge on any atom is 0.244 e. The number of carbonyl (C=O) groups excluding carboxylic acids is 2. The van der Waals surface area contributed by atoms with Crippen molar-refractivity contribution in [2.75, 3.05) is 23.7 Å². The molecule has 1 N–H and O–H groups in total. The van der Waals surface area contributed by atoms with Gasteiger partial charge >= 0.3 is 0 Å². The van der Waals surface area contributed by atoms with Crippen LogP contribution in [-0.4, -0.2) is 50.5 Å². The fraction of sp³-hybridized carbons (Fsp3) is 0.310. The van der Waals surface area contributed by atoms with Crippen molar-refractivity contribution in [3.8, 4) is 0 Å². The fourth-order valence-corrected chi connectivity index (χ4v) is 4.86. The molecule has 0 bridgehead atoms. The third-order valence-electron chi connectivity index (χ3n) is 6.05. The second-order valence-electron chi connectivity index (χ2n) is 9.70. The molecule has 2 amide bonds. The van der Waals surface area contributed by atoms with E-state index < -0.39 is 46.1 Å². The average molecular weight is 558 g/mol. The summed E-state index contributed by atoms with van der Waals surface area (Å²) >= 11 is 0. The first-order valence-electron chi connectivity index (χ1n) is 12.5. The van der Waals surface area contributed by atoms with Gasteiger partial charge in [0.2, 0.25) is 21.8 Å². The predicted molar refractivity (Wildman–Crippen MR) is 147 cm³/mol. The minimum atomic E-state index is -3.98. The molecule has 0 fully saturated rings. The molecule has 0 saturated heterocycles. The first kappa shape index (κ1) is 29.8. The van der Waals surface area contributed by atoms with Gasteiger partial charge in [0.15, 0.2) is 0 Å². The van der Waals surface area contributed by atoms with Crippen molar-refractivity contribution in [3.63, 3.8) is 0 Å². The Labute approximate surface area is 228 Å². The summed E-state index contributed by atoms with van der Waals surface area (Å²) in [7, 11) is -3.98. The fourth-order valence-electron chi connectivity index (χ4n) is 4.01. The highest BCUT2D eigenvalue weighted by Gasteiger charge is 2.33. The Morgan fingerprint density at radius 3 is 2.10 bits per heavy atom. The summed E-state index contributed by atoms with van der Waals surface area (Å²) < 4.78 is 54.5. The molecule has 1 unspecified atom stereocenters. The van der Waals surface area contributed by atoms with Gasteiger partial charge in [0.25, 0.3) is 0 Å². The van der Waals surface area contributed by atoms with Gasteiger partial charge in [-0.3, -0.25) is 13.9 Å². The van der Waals surface area contributed by atoms with Gasteiger partial charge < -0.3 is 10.2 Å². The zero-order chi connectivity index (χ0) is 28.6. The Bertz CT molecular complexity index is 1370. The number of hydrogen-bond acceptors (Lipinski definition) is 4. The Morgan fingerprint density at radius 1 is 0.897 bits per heavy atom. The summed E-state index contributed by atoms with van der Waals surface area (Å²) in [6.45, 7) is 3.29. The Balaban J connectivity index is 2.05. The summed E-state index contributed by atoms with van der Waals surface area (Å²) in [5.74, 6) is -2.14. The quantitative estimate of drug-likeness (QED) is 0.363.